The van der Waals surface area contributed by atoms with E-state index < -0.39 is 17.0 Å². The minimum absolute atomic E-state index is 0.185. The summed E-state index contributed by atoms with van der Waals surface area (Å²) in [6, 6.07) is 11.6. The smallest absolute Gasteiger partial charge is 0.338 e. The van der Waals surface area contributed by atoms with Gasteiger partial charge in [-0.2, -0.15) is 0 Å². The van der Waals surface area contributed by atoms with E-state index in [9.17, 15) is 9.59 Å². The molecule has 180 valence electrons. The Morgan fingerprint density at radius 1 is 0.971 bits per heavy atom. The second kappa shape index (κ2) is 10.0. The zero-order chi connectivity index (χ0) is 25.1. The standard InChI is InChI=1S/C30H36O4/c1-8-15-30(7,10-3)28(32)33-17-16-29(5,6)34-27(31)24-18-22-12-11-20(4)25-21(9-2)13-14-23(19-24)26(22)25/h9,11-14,18-19H,2,4,8,10,15-17H2,1,3,5-7H3. The summed E-state index contributed by atoms with van der Waals surface area (Å²) in [6.07, 6.45) is 4.70. The molecule has 0 amide bonds. The van der Waals surface area contributed by atoms with Crippen molar-refractivity contribution in [2.75, 3.05) is 6.61 Å². The molecule has 0 aliphatic heterocycles. The molecule has 0 saturated carbocycles. The van der Waals surface area contributed by atoms with Crippen molar-refractivity contribution in [1.82, 2.24) is 0 Å². The number of esters is 2. The molecule has 0 bridgehead atoms. The number of carbonyl (C=O) groups excluding carboxylic acids is 2. The first-order chi connectivity index (χ1) is 16.0. The van der Waals surface area contributed by atoms with Gasteiger partial charge >= 0.3 is 11.9 Å². The summed E-state index contributed by atoms with van der Waals surface area (Å²) in [5.74, 6) is -0.582. The van der Waals surface area contributed by atoms with E-state index in [2.05, 4.69) is 20.1 Å². The van der Waals surface area contributed by atoms with Crippen LogP contribution in [0.4, 0.5) is 0 Å². The normalized spacial score (nSPS) is 13.6. The van der Waals surface area contributed by atoms with Crippen molar-refractivity contribution in [1.29, 1.82) is 0 Å². The first kappa shape index (κ1) is 25.5. The van der Waals surface area contributed by atoms with Crippen molar-refractivity contribution in [3.63, 3.8) is 0 Å². The molecule has 0 spiro atoms. The molecular formula is C30H36O4. The van der Waals surface area contributed by atoms with Crippen LogP contribution < -0.4 is 5.22 Å². The van der Waals surface area contributed by atoms with Crippen LogP contribution in [0.5, 0.6) is 0 Å². The molecule has 0 aliphatic carbocycles. The van der Waals surface area contributed by atoms with Crippen LogP contribution in [0.1, 0.15) is 76.2 Å². The summed E-state index contributed by atoms with van der Waals surface area (Å²) in [5.41, 5.74) is 0.264. The fourth-order valence-electron chi connectivity index (χ4n) is 4.45. The van der Waals surface area contributed by atoms with Crippen molar-refractivity contribution in [3.05, 3.63) is 59.3 Å². The summed E-state index contributed by atoms with van der Waals surface area (Å²) in [7, 11) is 0. The maximum atomic E-state index is 13.1. The zero-order valence-electron chi connectivity index (χ0n) is 21.1. The second-order valence-corrected chi connectivity index (χ2v) is 9.96. The number of hydrogen-bond acceptors (Lipinski definition) is 4. The van der Waals surface area contributed by atoms with E-state index in [0.29, 0.717) is 12.0 Å². The highest BCUT2D eigenvalue weighted by atomic mass is 16.6. The van der Waals surface area contributed by atoms with E-state index in [1.807, 2.05) is 70.2 Å². The van der Waals surface area contributed by atoms with Gasteiger partial charge in [-0.3, -0.25) is 4.79 Å². The van der Waals surface area contributed by atoms with Crippen molar-refractivity contribution in [2.24, 2.45) is 5.41 Å². The van der Waals surface area contributed by atoms with Gasteiger partial charge in [0.25, 0.3) is 0 Å². The molecule has 34 heavy (non-hydrogen) atoms. The maximum Gasteiger partial charge on any atom is 0.338 e. The number of hydrogen-bond donors (Lipinski definition) is 0. The summed E-state index contributed by atoms with van der Waals surface area (Å²) in [5, 5.41) is 4.96. The van der Waals surface area contributed by atoms with Crippen LogP contribution in [0.15, 0.2) is 43.0 Å². The lowest BCUT2D eigenvalue weighted by molar-refractivity contribution is -0.156. The van der Waals surface area contributed by atoms with E-state index in [4.69, 9.17) is 9.47 Å². The molecule has 4 heteroatoms. The predicted molar refractivity (Wildman–Crippen MR) is 141 cm³/mol. The molecule has 0 N–H and O–H groups in total. The third-order valence-corrected chi connectivity index (χ3v) is 6.80. The Bertz CT molecular complexity index is 1250. The van der Waals surface area contributed by atoms with Crippen LogP contribution in [0, 0.1) is 5.41 Å². The van der Waals surface area contributed by atoms with E-state index in [0.717, 1.165) is 51.6 Å². The van der Waals surface area contributed by atoms with Gasteiger partial charge < -0.3 is 9.47 Å². The van der Waals surface area contributed by atoms with Crippen molar-refractivity contribution >= 4 is 46.1 Å². The van der Waals surface area contributed by atoms with E-state index >= 15 is 0 Å². The Morgan fingerprint density at radius 3 is 2.21 bits per heavy atom. The molecule has 3 rings (SSSR count). The van der Waals surface area contributed by atoms with Crippen LogP contribution in [0.3, 0.4) is 0 Å². The molecule has 0 aromatic heterocycles. The first-order valence-corrected chi connectivity index (χ1v) is 12.1. The third-order valence-electron chi connectivity index (χ3n) is 6.80. The largest absolute Gasteiger partial charge is 0.465 e. The van der Waals surface area contributed by atoms with Gasteiger partial charge in [-0.15, -0.1) is 0 Å². The van der Waals surface area contributed by atoms with Crippen molar-refractivity contribution in [3.8, 4) is 0 Å². The Hall–Kier alpha value is -3.14. The van der Waals surface area contributed by atoms with Crippen LogP contribution >= 0.6 is 0 Å². The van der Waals surface area contributed by atoms with Crippen LogP contribution in [0.2, 0.25) is 0 Å². The average Bonchev–Trinajstić information content (AvgIpc) is 2.80. The molecule has 0 radical (unpaired) electrons. The fraction of sp³-hybridized carbons (Fsp3) is 0.400. The van der Waals surface area contributed by atoms with E-state index in [1.165, 1.54) is 0 Å². The summed E-state index contributed by atoms with van der Waals surface area (Å²) >= 11 is 0. The van der Waals surface area contributed by atoms with Gasteiger partial charge in [0.05, 0.1) is 17.6 Å². The highest BCUT2D eigenvalue weighted by molar-refractivity contribution is 6.15. The molecule has 3 aromatic carbocycles. The molecule has 0 heterocycles. The quantitative estimate of drug-likeness (QED) is 0.311. The molecular weight excluding hydrogens is 424 g/mol. The van der Waals surface area contributed by atoms with Gasteiger partial charge in [0.2, 0.25) is 0 Å². The second-order valence-electron chi connectivity index (χ2n) is 9.96. The topological polar surface area (TPSA) is 52.6 Å². The third kappa shape index (κ3) is 5.16. The van der Waals surface area contributed by atoms with Crippen LogP contribution in [-0.4, -0.2) is 24.1 Å². The molecule has 1 unspecified atom stereocenters. The summed E-state index contributed by atoms with van der Waals surface area (Å²) in [4.78, 5) is 25.6. The van der Waals surface area contributed by atoms with Gasteiger partial charge in [-0.1, -0.05) is 63.8 Å². The number of ether oxygens (including phenoxy) is 2. The van der Waals surface area contributed by atoms with Gasteiger partial charge in [-0.25, -0.2) is 4.79 Å². The lowest BCUT2D eigenvalue weighted by Crippen LogP contribution is -2.33. The minimum Gasteiger partial charge on any atom is -0.465 e. The van der Waals surface area contributed by atoms with Crippen LogP contribution in [-0.2, 0) is 14.3 Å². The zero-order valence-corrected chi connectivity index (χ0v) is 21.1. The van der Waals surface area contributed by atoms with Crippen molar-refractivity contribution in [2.45, 2.75) is 65.9 Å². The minimum atomic E-state index is -0.779. The lowest BCUT2D eigenvalue weighted by Gasteiger charge is -2.28. The first-order valence-electron chi connectivity index (χ1n) is 12.1. The van der Waals surface area contributed by atoms with Gasteiger partial charge in [0.1, 0.15) is 5.60 Å². The lowest BCUT2D eigenvalue weighted by atomic mass is 9.83. The molecule has 0 fully saturated rings. The van der Waals surface area contributed by atoms with E-state index in [1.54, 1.807) is 0 Å². The van der Waals surface area contributed by atoms with Crippen molar-refractivity contribution < 1.29 is 19.1 Å². The number of benzene rings is 3. The summed E-state index contributed by atoms with van der Waals surface area (Å²) in [6.45, 7) is 18.0. The Labute approximate surface area is 202 Å². The highest BCUT2D eigenvalue weighted by Crippen LogP contribution is 2.31. The molecule has 0 aliphatic rings. The molecule has 1 atom stereocenters. The number of carbonyl (C=O) groups is 2. The molecule has 3 aromatic rings. The van der Waals surface area contributed by atoms with E-state index in [-0.39, 0.29) is 12.6 Å². The SMILES string of the molecule is C=Cc1ccc2cc(C(=O)OC(C)(C)CCOC(=O)C(C)(CC)CCC)cc3ccc(=C)c1c23. The highest BCUT2D eigenvalue weighted by Gasteiger charge is 2.33. The van der Waals surface area contributed by atoms with Gasteiger partial charge in [0, 0.05) is 6.42 Å². The van der Waals surface area contributed by atoms with Crippen LogP contribution in [0.25, 0.3) is 34.2 Å². The van der Waals surface area contributed by atoms with Gasteiger partial charge in [-0.05, 0) is 78.1 Å². The average molecular weight is 461 g/mol. The maximum absolute atomic E-state index is 13.1. The fourth-order valence-corrected chi connectivity index (χ4v) is 4.45. The molecule has 0 saturated heterocycles. The Morgan fingerprint density at radius 2 is 1.62 bits per heavy atom. The summed E-state index contributed by atoms with van der Waals surface area (Å²) < 4.78 is 11.4. The monoisotopic (exact) mass is 460 g/mol. The number of rotatable bonds is 10. The molecule has 4 nitrogen and oxygen atoms in total. The van der Waals surface area contributed by atoms with Gasteiger partial charge in [0.15, 0.2) is 0 Å². The Balaban J connectivity index is 1.75. The Kier molecular flexibility index (Phi) is 7.50. The predicted octanol–water partition coefficient (Wildman–Crippen LogP) is 6.85.